The molecule has 0 spiro atoms. The molecule has 2 aromatic carbocycles. The van der Waals surface area contributed by atoms with Gasteiger partial charge in [-0.1, -0.05) is 36.4 Å². The molecule has 0 aromatic heterocycles. The zero-order chi connectivity index (χ0) is 29.1. The molecule has 2 aliphatic carbocycles. The highest BCUT2D eigenvalue weighted by molar-refractivity contribution is 6.14. The molecule has 0 radical (unpaired) electrons. The Morgan fingerprint density at radius 3 is 1.21 bits per heavy atom. The second-order valence-corrected chi connectivity index (χ2v) is 9.42. The van der Waals surface area contributed by atoms with Crippen LogP contribution in [0.3, 0.4) is 0 Å². The molecule has 4 amide bonds. The van der Waals surface area contributed by atoms with Crippen LogP contribution in [0, 0.1) is 0 Å². The quantitative estimate of drug-likeness (QED) is 0.466. The van der Waals surface area contributed by atoms with Gasteiger partial charge in [-0.2, -0.15) is 20.2 Å². The van der Waals surface area contributed by atoms with Gasteiger partial charge >= 0.3 is 0 Å². The molecule has 2 heterocycles. The third kappa shape index (κ3) is 5.82. The van der Waals surface area contributed by atoms with E-state index in [9.17, 15) is 19.2 Å². The van der Waals surface area contributed by atoms with E-state index in [1.54, 1.807) is 24.3 Å². The van der Waals surface area contributed by atoms with Crippen LogP contribution in [0.2, 0.25) is 0 Å². The van der Waals surface area contributed by atoms with Gasteiger partial charge in [0.1, 0.15) is 23.0 Å². The van der Waals surface area contributed by atoms with Crippen LogP contribution >= 0.6 is 0 Å². The maximum atomic E-state index is 11.8. The van der Waals surface area contributed by atoms with Crippen LogP contribution in [-0.4, -0.2) is 45.1 Å². The van der Waals surface area contributed by atoms with Crippen molar-refractivity contribution in [2.45, 2.75) is 12.8 Å². The second-order valence-electron chi connectivity index (χ2n) is 9.42. The number of carbonyl (C=O) groups excluding carboxylic acids is 4. The molecule has 0 N–H and O–H groups in total. The van der Waals surface area contributed by atoms with Crippen molar-refractivity contribution in [2.75, 3.05) is 0 Å². The summed E-state index contributed by atoms with van der Waals surface area (Å²) in [6.45, 7) is 0. The predicted molar refractivity (Wildman–Crippen MR) is 154 cm³/mol. The zero-order valence-corrected chi connectivity index (χ0v) is 22.0. The van der Waals surface area contributed by atoms with Gasteiger partial charge < -0.3 is 9.47 Å². The molecule has 0 saturated carbocycles. The molecule has 0 unspecified atom stereocenters. The van der Waals surface area contributed by atoms with Crippen molar-refractivity contribution in [3.8, 4) is 22.6 Å². The molecule has 2 aromatic rings. The first-order valence-corrected chi connectivity index (χ1v) is 13.0. The SMILES string of the molecule is O=C1C=CC(=O)N1N=C1C=CC=C(Oc2ccc(-c3ccc(OC4=CC=CC(=NN5C(=O)C=CC5=O)C4)cc3)cc2)C1. The van der Waals surface area contributed by atoms with Gasteiger partial charge in [0.15, 0.2) is 0 Å². The minimum atomic E-state index is -0.469. The molecule has 10 heteroatoms. The van der Waals surface area contributed by atoms with Crippen molar-refractivity contribution < 1.29 is 28.7 Å². The fourth-order valence-electron chi connectivity index (χ4n) is 4.38. The van der Waals surface area contributed by atoms with E-state index >= 15 is 0 Å². The Morgan fingerprint density at radius 2 is 0.857 bits per heavy atom. The molecule has 0 bridgehead atoms. The van der Waals surface area contributed by atoms with E-state index in [4.69, 9.17) is 9.47 Å². The van der Waals surface area contributed by atoms with Crippen LogP contribution in [0.4, 0.5) is 0 Å². The maximum Gasteiger partial charge on any atom is 0.274 e. The van der Waals surface area contributed by atoms with Crippen molar-refractivity contribution in [2.24, 2.45) is 10.2 Å². The Bertz CT molecular complexity index is 1570. The maximum absolute atomic E-state index is 11.8. The molecule has 206 valence electrons. The lowest BCUT2D eigenvalue weighted by atomic mass is 10.1. The largest absolute Gasteiger partial charge is 0.461 e. The molecule has 0 atom stereocenters. The first-order chi connectivity index (χ1) is 20.4. The summed E-state index contributed by atoms with van der Waals surface area (Å²) in [6, 6.07) is 15.2. The lowest BCUT2D eigenvalue weighted by molar-refractivity contribution is -0.138. The average molecular weight is 559 g/mol. The fraction of sp³-hybridized carbons (Fsp3) is 0.0625. The van der Waals surface area contributed by atoms with Gasteiger partial charge in [-0.3, -0.25) is 19.2 Å². The van der Waals surface area contributed by atoms with E-state index in [0.717, 1.165) is 21.1 Å². The number of hydrogen-bond donors (Lipinski definition) is 0. The summed E-state index contributed by atoms with van der Waals surface area (Å²) >= 11 is 0. The normalized spacial score (nSPS) is 19.8. The van der Waals surface area contributed by atoms with E-state index in [1.807, 2.05) is 60.7 Å². The Morgan fingerprint density at radius 1 is 0.500 bits per heavy atom. The standard InChI is InChI=1S/C32H22N4O6/c37-29-15-16-30(38)35(29)33-23-3-1-5-27(19-23)41-25-11-7-21(8-12-25)22-9-13-26(14-10-22)42-28-6-2-4-24(20-28)34-36-31(39)17-18-32(36)40/h1-18H,19-20H2. The minimum Gasteiger partial charge on any atom is -0.461 e. The van der Waals surface area contributed by atoms with Gasteiger partial charge in [0, 0.05) is 37.1 Å². The molecule has 42 heavy (non-hydrogen) atoms. The highest BCUT2D eigenvalue weighted by atomic mass is 16.5. The van der Waals surface area contributed by atoms with Crippen LogP contribution in [0.25, 0.3) is 11.1 Å². The summed E-state index contributed by atoms with van der Waals surface area (Å²) < 4.78 is 12.0. The summed E-state index contributed by atoms with van der Waals surface area (Å²) in [4.78, 5) is 47.1. The molecule has 2 aliphatic heterocycles. The number of imide groups is 2. The fourth-order valence-corrected chi connectivity index (χ4v) is 4.38. The summed E-state index contributed by atoms with van der Waals surface area (Å²) in [5.74, 6) is 0.661. The van der Waals surface area contributed by atoms with Crippen LogP contribution in [-0.2, 0) is 19.2 Å². The van der Waals surface area contributed by atoms with Crippen molar-refractivity contribution in [3.63, 3.8) is 0 Å². The minimum absolute atomic E-state index is 0.335. The number of amides is 4. The topological polar surface area (TPSA) is 118 Å². The molecule has 4 aliphatic rings. The zero-order valence-electron chi connectivity index (χ0n) is 22.0. The number of allylic oxidation sites excluding steroid dienone is 8. The smallest absolute Gasteiger partial charge is 0.274 e. The summed E-state index contributed by atoms with van der Waals surface area (Å²) in [7, 11) is 0. The number of carbonyl (C=O) groups is 4. The van der Waals surface area contributed by atoms with Gasteiger partial charge in [-0.05, 0) is 59.7 Å². The first-order valence-electron chi connectivity index (χ1n) is 13.0. The molecular weight excluding hydrogens is 536 g/mol. The number of ether oxygens (including phenoxy) is 2. The van der Waals surface area contributed by atoms with Gasteiger partial charge in [0.25, 0.3) is 23.6 Å². The lowest BCUT2D eigenvalue weighted by Gasteiger charge is -2.15. The molecular formula is C32H22N4O6. The van der Waals surface area contributed by atoms with Crippen LogP contribution < -0.4 is 9.47 Å². The average Bonchev–Trinajstić information content (AvgIpc) is 3.49. The van der Waals surface area contributed by atoms with E-state index in [-0.39, 0.29) is 0 Å². The number of rotatable bonds is 7. The number of nitrogens with zero attached hydrogens (tertiary/aromatic N) is 4. The van der Waals surface area contributed by atoms with E-state index < -0.39 is 23.6 Å². The first kappa shape index (κ1) is 26.3. The van der Waals surface area contributed by atoms with Crippen molar-refractivity contribution in [1.82, 2.24) is 10.0 Å². The van der Waals surface area contributed by atoms with Crippen molar-refractivity contribution >= 4 is 35.1 Å². The van der Waals surface area contributed by atoms with Gasteiger partial charge in [0.05, 0.1) is 11.4 Å². The number of hydrogen-bond acceptors (Lipinski definition) is 8. The predicted octanol–water partition coefficient (Wildman–Crippen LogP) is 4.36. The lowest BCUT2D eigenvalue weighted by Crippen LogP contribution is -2.26. The Balaban J connectivity index is 1.05. The Labute approximate surface area is 240 Å². The van der Waals surface area contributed by atoms with Gasteiger partial charge in [-0.15, -0.1) is 0 Å². The highest BCUT2D eigenvalue weighted by Gasteiger charge is 2.25. The third-order valence-corrected chi connectivity index (χ3v) is 6.42. The monoisotopic (exact) mass is 558 g/mol. The Kier molecular flexibility index (Phi) is 7.08. The molecule has 0 fully saturated rings. The number of benzene rings is 2. The summed E-state index contributed by atoms with van der Waals surface area (Å²) in [6.07, 6.45) is 16.0. The van der Waals surface area contributed by atoms with Gasteiger partial charge in [-0.25, -0.2) is 0 Å². The molecule has 0 saturated heterocycles. The van der Waals surface area contributed by atoms with Crippen molar-refractivity contribution in [1.29, 1.82) is 0 Å². The van der Waals surface area contributed by atoms with Gasteiger partial charge in [0.2, 0.25) is 0 Å². The summed E-state index contributed by atoms with van der Waals surface area (Å²) in [5.41, 5.74) is 3.04. The van der Waals surface area contributed by atoms with Crippen LogP contribution in [0.15, 0.2) is 131 Å². The number of hydrazone groups is 2. The van der Waals surface area contributed by atoms with Crippen molar-refractivity contribution in [3.05, 3.63) is 121 Å². The Hall–Kier alpha value is -5.90. The van der Waals surface area contributed by atoms with E-state index in [2.05, 4.69) is 10.2 Å². The van der Waals surface area contributed by atoms with Crippen LogP contribution in [0.1, 0.15) is 12.8 Å². The molecule has 6 rings (SSSR count). The highest BCUT2D eigenvalue weighted by Crippen LogP contribution is 2.28. The van der Waals surface area contributed by atoms with E-state index in [1.165, 1.54) is 24.3 Å². The second kappa shape index (κ2) is 11.3. The summed E-state index contributed by atoms with van der Waals surface area (Å²) in [5, 5.41) is 9.96. The molecule has 10 nitrogen and oxygen atoms in total. The van der Waals surface area contributed by atoms with E-state index in [0.29, 0.717) is 47.3 Å². The third-order valence-electron chi connectivity index (χ3n) is 6.42. The van der Waals surface area contributed by atoms with Crippen LogP contribution in [0.5, 0.6) is 11.5 Å².